The van der Waals surface area contributed by atoms with E-state index in [1.165, 1.54) is 0 Å². The van der Waals surface area contributed by atoms with E-state index in [1.807, 2.05) is 6.07 Å². The number of anilines is 1. The standard InChI is InChI=1S/C27H34N4O7/c1-17-15-19(3-4-20(17)25(36)31(16-32)21-5-6-22(33)28-23(21)34)29-11-7-18(8-12-29)24(35)30-13-9-27(2,10-14-30)26(37)38/h3-4,15-16,18,21H,5-14H2,1-2H3,(H,37,38)(H,28,33,34). The molecule has 3 aliphatic rings. The molecule has 0 spiro atoms. The number of carbonyl (C=O) groups excluding carboxylic acids is 5. The molecule has 3 heterocycles. The summed E-state index contributed by atoms with van der Waals surface area (Å²) in [5, 5.41) is 11.6. The number of aliphatic carboxylic acids is 1. The summed E-state index contributed by atoms with van der Waals surface area (Å²) in [5.41, 5.74) is 1.09. The van der Waals surface area contributed by atoms with Crippen LogP contribution in [0.1, 0.15) is 61.4 Å². The number of hydrogen-bond donors (Lipinski definition) is 2. The molecule has 5 amide bonds. The Hall–Kier alpha value is -3.76. The highest BCUT2D eigenvalue weighted by Crippen LogP contribution is 2.33. The Kier molecular flexibility index (Phi) is 7.84. The monoisotopic (exact) mass is 526 g/mol. The molecule has 11 nitrogen and oxygen atoms in total. The van der Waals surface area contributed by atoms with E-state index in [9.17, 15) is 33.9 Å². The second-order valence-corrected chi connectivity index (χ2v) is 10.7. The van der Waals surface area contributed by atoms with E-state index in [2.05, 4.69) is 10.2 Å². The molecule has 38 heavy (non-hydrogen) atoms. The van der Waals surface area contributed by atoms with Crippen molar-refractivity contribution in [2.45, 2.75) is 58.4 Å². The largest absolute Gasteiger partial charge is 0.481 e. The first-order chi connectivity index (χ1) is 18.0. The number of piperidine rings is 3. The summed E-state index contributed by atoms with van der Waals surface area (Å²) < 4.78 is 0. The van der Waals surface area contributed by atoms with Gasteiger partial charge in [-0.15, -0.1) is 0 Å². The lowest BCUT2D eigenvalue weighted by molar-refractivity contribution is -0.154. The maximum absolute atomic E-state index is 13.1. The minimum absolute atomic E-state index is 0.0594. The van der Waals surface area contributed by atoms with Crippen LogP contribution in [0, 0.1) is 18.3 Å². The van der Waals surface area contributed by atoms with Gasteiger partial charge >= 0.3 is 5.97 Å². The minimum atomic E-state index is -1.02. The molecule has 0 saturated carbocycles. The zero-order valence-electron chi connectivity index (χ0n) is 21.8. The van der Waals surface area contributed by atoms with Gasteiger partial charge in [0.15, 0.2) is 0 Å². The molecule has 3 saturated heterocycles. The van der Waals surface area contributed by atoms with Crippen LogP contribution >= 0.6 is 0 Å². The van der Waals surface area contributed by atoms with Crippen molar-refractivity contribution in [2.24, 2.45) is 11.3 Å². The zero-order chi connectivity index (χ0) is 27.6. The Morgan fingerprint density at radius 1 is 1.08 bits per heavy atom. The SMILES string of the molecule is Cc1cc(N2CCC(C(=O)N3CCC(C)(C(=O)O)CC3)CC2)ccc1C(=O)N(C=O)C1CCC(=O)NC1=O. The third-order valence-electron chi connectivity index (χ3n) is 8.24. The van der Waals surface area contributed by atoms with Gasteiger partial charge in [-0.25, -0.2) is 0 Å². The van der Waals surface area contributed by atoms with Crippen molar-refractivity contribution in [2.75, 3.05) is 31.1 Å². The summed E-state index contributed by atoms with van der Waals surface area (Å²) in [4.78, 5) is 77.7. The highest BCUT2D eigenvalue weighted by molar-refractivity contribution is 6.07. The summed E-state index contributed by atoms with van der Waals surface area (Å²) in [6, 6.07) is 4.28. The number of amides is 5. The van der Waals surface area contributed by atoms with E-state index in [1.54, 1.807) is 30.9 Å². The number of imide groups is 2. The molecule has 1 unspecified atom stereocenters. The number of benzene rings is 1. The van der Waals surface area contributed by atoms with Gasteiger partial charge in [-0.1, -0.05) is 0 Å². The van der Waals surface area contributed by atoms with Gasteiger partial charge in [0, 0.05) is 49.8 Å². The second kappa shape index (κ2) is 10.9. The van der Waals surface area contributed by atoms with Crippen molar-refractivity contribution >= 4 is 41.7 Å². The minimum Gasteiger partial charge on any atom is -0.481 e. The molecule has 0 bridgehead atoms. The summed E-state index contributed by atoms with van der Waals surface area (Å²) in [5.74, 6) is -2.49. The van der Waals surface area contributed by atoms with Crippen LogP contribution in [0.3, 0.4) is 0 Å². The fourth-order valence-electron chi connectivity index (χ4n) is 5.51. The van der Waals surface area contributed by atoms with Crippen LogP contribution in [0.5, 0.6) is 0 Å². The van der Waals surface area contributed by atoms with Crippen LogP contribution < -0.4 is 10.2 Å². The average Bonchev–Trinajstić information content (AvgIpc) is 2.90. The maximum Gasteiger partial charge on any atom is 0.309 e. The van der Waals surface area contributed by atoms with Crippen LogP contribution in [0.15, 0.2) is 18.2 Å². The molecule has 3 fully saturated rings. The summed E-state index contributed by atoms with van der Waals surface area (Å²) in [7, 11) is 0. The van der Waals surface area contributed by atoms with Gasteiger partial charge < -0.3 is 14.9 Å². The first kappa shape index (κ1) is 27.3. The molecular formula is C27H34N4O7. The Morgan fingerprint density at radius 2 is 1.74 bits per heavy atom. The topological polar surface area (TPSA) is 144 Å². The van der Waals surface area contributed by atoms with E-state index >= 15 is 0 Å². The molecule has 0 aromatic heterocycles. The Balaban J connectivity index is 1.35. The summed E-state index contributed by atoms with van der Waals surface area (Å²) in [6.45, 7) is 5.77. The quantitative estimate of drug-likeness (QED) is 0.417. The van der Waals surface area contributed by atoms with Gasteiger partial charge in [-0.2, -0.15) is 0 Å². The molecule has 0 aliphatic carbocycles. The normalized spacial score (nSPS) is 22.0. The number of nitrogens with zero attached hydrogens (tertiary/aromatic N) is 3. The van der Waals surface area contributed by atoms with E-state index in [4.69, 9.17) is 0 Å². The second-order valence-electron chi connectivity index (χ2n) is 10.7. The lowest BCUT2D eigenvalue weighted by atomic mass is 9.80. The van der Waals surface area contributed by atoms with Crippen molar-refractivity contribution in [3.8, 4) is 0 Å². The van der Waals surface area contributed by atoms with E-state index < -0.39 is 35.1 Å². The highest BCUT2D eigenvalue weighted by Gasteiger charge is 2.40. The highest BCUT2D eigenvalue weighted by atomic mass is 16.4. The predicted molar refractivity (Wildman–Crippen MR) is 136 cm³/mol. The van der Waals surface area contributed by atoms with Gasteiger partial charge in [0.1, 0.15) is 6.04 Å². The fourth-order valence-corrected chi connectivity index (χ4v) is 5.51. The van der Waals surface area contributed by atoms with Crippen LogP contribution in [-0.4, -0.2) is 83.1 Å². The number of rotatable bonds is 6. The summed E-state index contributed by atoms with van der Waals surface area (Å²) >= 11 is 0. The van der Waals surface area contributed by atoms with Gasteiger partial charge in [0.05, 0.1) is 5.41 Å². The lowest BCUT2D eigenvalue weighted by Gasteiger charge is -2.40. The molecule has 2 N–H and O–H groups in total. The van der Waals surface area contributed by atoms with Crippen molar-refractivity contribution in [1.29, 1.82) is 0 Å². The van der Waals surface area contributed by atoms with Gasteiger partial charge in [0.25, 0.3) is 5.91 Å². The zero-order valence-corrected chi connectivity index (χ0v) is 21.8. The van der Waals surface area contributed by atoms with Crippen molar-refractivity contribution < 1.29 is 33.9 Å². The molecule has 1 aromatic carbocycles. The Bertz CT molecular complexity index is 1150. The fraction of sp³-hybridized carbons (Fsp3) is 0.556. The Morgan fingerprint density at radius 3 is 2.29 bits per heavy atom. The molecular weight excluding hydrogens is 492 g/mol. The average molecular weight is 527 g/mol. The van der Waals surface area contributed by atoms with Crippen molar-refractivity contribution in [1.82, 2.24) is 15.1 Å². The summed E-state index contributed by atoms with van der Waals surface area (Å²) in [6.07, 6.45) is 2.77. The third-order valence-corrected chi connectivity index (χ3v) is 8.24. The number of likely N-dealkylation sites (tertiary alicyclic amines) is 1. The van der Waals surface area contributed by atoms with Crippen molar-refractivity contribution in [3.63, 3.8) is 0 Å². The van der Waals surface area contributed by atoms with Crippen LogP contribution in [0.4, 0.5) is 5.69 Å². The van der Waals surface area contributed by atoms with E-state index in [0.29, 0.717) is 69.4 Å². The van der Waals surface area contributed by atoms with Gasteiger partial charge in [0.2, 0.25) is 24.1 Å². The Labute approximate surface area is 221 Å². The van der Waals surface area contributed by atoms with Crippen molar-refractivity contribution in [3.05, 3.63) is 29.3 Å². The first-order valence-electron chi connectivity index (χ1n) is 13.0. The smallest absolute Gasteiger partial charge is 0.309 e. The number of aryl methyl sites for hydroxylation is 1. The van der Waals surface area contributed by atoms with Gasteiger partial charge in [-0.05, 0) is 69.7 Å². The number of carboxylic acids is 1. The lowest BCUT2D eigenvalue weighted by Crippen LogP contribution is -2.53. The van der Waals surface area contributed by atoms with Crippen LogP contribution in [0.25, 0.3) is 0 Å². The molecule has 0 radical (unpaired) electrons. The third kappa shape index (κ3) is 5.41. The number of carboxylic acid groups (broad SMARTS) is 1. The molecule has 3 aliphatic heterocycles. The molecule has 1 aromatic rings. The first-order valence-corrected chi connectivity index (χ1v) is 13.0. The van der Waals surface area contributed by atoms with E-state index in [-0.39, 0.29) is 24.7 Å². The maximum atomic E-state index is 13.1. The molecule has 1 atom stereocenters. The number of carbonyl (C=O) groups is 6. The van der Waals surface area contributed by atoms with E-state index in [0.717, 1.165) is 10.6 Å². The predicted octanol–water partition coefficient (Wildman–Crippen LogP) is 1.33. The van der Waals surface area contributed by atoms with Crippen LogP contribution in [0.2, 0.25) is 0 Å². The number of nitrogens with one attached hydrogen (secondary N) is 1. The molecule has 204 valence electrons. The van der Waals surface area contributed by atoms with Crippen LogP contribution in [-0.2, 0) is 24.0 Å². The molecule has 11 heteroatoms. The molecule has 4 rings (SSSR count). The van der Waals surface area contributed by atoms with Gasteiger partial charge in [-0.3, -0.25) is 39.0 Å². The number of hydrogen-bond acceptors (Lipinski definition) is 7.